The summed E-state index contributed by atoms with van der Waals surface area (Å²) in [5.74, 6) is 0.412. The maximum atomic E-state index is 13.5. The van der Waals surface area contributed by atoms with Crippen molar-refractivity contribution in [2.24, 2.45) is 11.1 Å². The fraction of sp³-hybridized carbons (Fsp3) is 0.529. The fourth-order valence-corrected chi connectivity index (χ4v) is 3.25. The highest BCUT2D eigenvalue weighted by Crippen LogP contribution is 2.40. The van der Waals surface area contributed by atoms with E-state index in [0.29, 0.717) is 17.8 Å². The third-order valence-corrected chi connectivity index (χ3v) is 6.27. The minimum Gasteiger partial charge on any atom is -0.460 e. The van der Waals surface area contributed by atoms with Crippen LogP contribution in [-0.4, -0.2) is 13.2 Å². The van der Waals surface area contributed by atoms with E-state index in [4.69, 9.17) is 9.56 Å². The Labute approximate surface area is 136 Å². The van der Waals surface area contributed by atoms with Gasteiger partial charge in [-0.3, -0.25) is 0 Å². The number of aryl methyl sites for hydroxylation is 1. The van der Waals surface area contributed by atoms with E-state index in [0.717, 1.165) is 10.9 Å². The molecule has 1 aromatic carbocycles. The van der Waals surface area contributed by atoms with Crippen LogP contribution in [0, 0.1) is 18.7 Å². The van der Waals surface area contributed by atoms with E-state index in [2.05, 4.69) is 0 Å². The summed E-state index contributed by atoms with van der Waals surface area (Å²) in [4.78, 5) is 0. The second-order valence-electron chi connectivity index (χ2n) is 7.09. The van der Waals surface area contributed by atoms with E-state index in [1.165, 1.54) is 12.1 Å². The Kier molecular flexibility index (Phi) is 4.61. The molecule has 2 aromatic rings. The molecule has 0 aliphatic rings. The first-order valence-electron chi connectivity index (χ1n) is 7.65. The lowest BCUT2D eigenvalue weighted by molar-refractivity contribution is 0.357. The molecular weight excluding hydrogens is 317 g/mol. The number of hydrogen-bond acceptors (Lipinski definition) is 3. The summed E-state index contributed by atoms with van der Waals surface area (Å²) in [6.45, 7) is 9.14. The standard InChI is InChI=1S/C17H24FNO3S/c1-10(2)14(9-17(4,5)23(19,20)21)16-11(3)13-8-12(18)6-7-15(13)22-16/h6-8,10,14H,9H2,1-5H3,(H2,19,20,21)/t14-/m0/s1. The monoisotopic (exact) mass is 341 g/mol. The van der Waals surface area contributed by atoms with Crippen molar-refractivity contribution in [3.05, 3.63) is 35.3 Å². The average molecular weight is 341 g/mol. The van der Waals surface area contributed by atoms with Crippen molar-refractivity contribution < 1.29 is 17.2 Å². The van der Waals surface area contributed by atoms with Crippen molar-refractivity contribution in [2.75, 3.05) is 0 Å². The average Bonchev–Trinajstić information content (AvgIpc) is 2.72. The lowest BCUT2D eigenvalue weighted by Crippen LogP contribution is -2.39. The van der Waals surface area contributed by atoms with E-state index >= 15 is 0 Å². The number of fused-ring (bicyclic) bond motifs is 1. The highest BCUT2D eigenvalue weighted by atomic mass is 32.2. The zero-order valence-electron chi connectivity index (χ0n) is 14.2. The number of benzene rings is 1. The van der Waals surface area contributed by atoms with Gasteiger partial charge in [-0.1, -0.05) is 13.8 Å². The van der Waals surface area contributed by atoms with Gasteiger partial charge in [0.15, 0.2) is 0 Å². The van der Waals surface area contributed by atoms with Crippen molar-refractivity contribution in [2.45, 2.75) is 51.7 Å². The van der Waals surface area contributed by atoms with E-state index in [9.17, 15) is 12.8 Å². The summed E-state index contributed by atoms with van der Waals surface area (Å²) >= 11 is 0. The van der Waals surface area contributed by atoms with Gasteiger partial charge in [0.05, 0.1) is 4.75 Å². The van der Waals surface area contributed by atoms with Gasteiger partial charge in [0, 0.05) is 11.3 Å². The molecule has 128 valence electrons. The van der Waals surface area contributed by atoms with Crippen LogP contribution in [0.25, 0.3) is 11.0 Å². The zero-order chi connectivity index (χ0) is 17.6. The second kappa shape index (κ2) is 5.91. The third kappa shape index (κ3) is 3.43. The van der Waals surface area contributed by atoms with Crippen molar-refractivity contribution in [3.8, 4) is 0 Å². The summed E-state index contributed by atoms with van der Waals surface area (Å²) in [6.07, 6.45) is 0.340. The van der Waals surface area contributed by atoms with Gasteiger partial charge in [-0.15, -0.1) is 0 Å². The number of nitrogens with two attached hydrogens (primary N) is 1. The van der Waals surface area contributed by atoms with Crippen molar-refractivity contribution in [3.63, 3.8) is 0 Å². The molecule has 4 nitrogen and oxygen atoms in total. The predicted octanol–water partition coefficient (Wildman–Crippen LogP) is 4.08. The molecule has 0 aliphatic carbocycles. The maximum absolute atomic E-state index is 13.5. The molecule has 0 amide bonds. The molecule has 1 aromatic heterocycles. The summed E-state index contributed by atoms with van der Waals surface area (Å²) in [5.41, 5.74) is 1.46. The molecule has 2 N–H and O–H groups in total. The van der Waals surface area contributed by atoms with Crippen LogP contribution in [0.1, 0.15) is 51.4 Å². The molecule has 0 radical (unpaired) electrons. The van der Waals surface area contributed by atoms with Crippen molar-refractivity contribution in [1.29, 1.82) is 0 Å². The number of furan rings is 1. The Balaban J connectivity index is 2.53. The van der Waals surface area contributed by atoms with Crippen molar-refractivity contribution >= 4 is 21.0 Å². The third-order valence-electron chi connectivity index (χ3n) is 4.56. The van der Waals surface area contributed by atoms with Crippen LogP contribution < -0.4 is 5.14 Å². The van der Waals surface area contributed by atoms with Crippen molar-refractivity contribution in [1.82, 2.24) is 0 Å². The highest BCUT2D eigenvalue weighted by Gasteiger charge is 2.37. The summed E-state index contributed by atoms with van der Waals surface area (Å²) in [6, 6.07) is 4.40. The van der Waals surface area contributed by atoms with Gasteiger partial charge in [-0.05, 0) is 56.9 Å². The number of rotatable bonds is 5. The number of primary sulfonamides is 1. The molecule has 0 spiro atoms. The van der Waals surface area contributed by atoms with Crippen LogP contribution >= 0.6 is 0 Å². The molecule has 0 bridgehead atoms. The minimum absolute atomic E-state index is 0.126. The van der Waals surface area contributed by atoms with Crippen LogP contribution in [-0.2, 0) is 10.0 Å². The first kappa shape index (κ1) is 17.9. The van der Waals surface area contributed by atoms with Gasteiger partial charge in [0.2, 0.25) is 10.0 Å². The molecule has 0 aliphatic heterocycles. The van der Waals surface area contributed by atoms with Crippen LogP contribution in [0.15, 0.2) is 22.6 Å². The van der Waals surface area contributed by atoms with E-state index < -0.39 is 14.8 Å². The van der Waals surface area contributed by atoms with E-state index in [-0.39, 0.29) is 17.7 Å². The summed E-state index contributed by atoms with van der Waals surface area (Å²) < 4.78 is 42.0. The Hall–Kier alpha value is -1.40. The normalized spacial score (nSPS) is 14.6. The molecule has 1 atom stereocenters. The SMILES string of the molecule is Cc1c([C@@H](CC(C)(C)S(N)(=O)=O)C(C)C)oc2ccc(F)cc12. The molecule has 0 fully saturated rings. The van der Waals surface area contributed by atoms with Crippen LogP contribution in [0.2, 0.25) is 0 Å². The molecule has 6 heteroatoms. The first-order valence-corrected chi connectivity index (χ1v) is 9.19. The molecule has 1 heterocycles. The lowest BCUT2D eigenvalue weighted by Gasteiger charge is -2.29. The first-order chi connectivity index (χ1) is 10.4. The molecular formula is C17H24FNO3S. The van der Waals surface area contributed by atoms with Crippen LogP contribution in [0.3, 0.4) is 0 Å². The summed E-state index contributed by atoms with van der Waals surface area (Å²) in [7, 11) is -3.69. The number of halogens is 1. The molecule has 2 rings (SSSR count). The quantitative estimate of drug-likeness (QED) is 0.890. The number of sulfonamides is 1. The largest absolute Gasteiger partial charge is 0.460 e. The molecule has 0 saturated heterocycles. The van der Waals surface area contributed by atoms with Crippen LogP contribution in [0.4, 0.5) is 4.39 Å². The molecule has 23 heavy (non-hydrogen) atoms. The highest BCUT2D eigenvalue weighted by molar-refractivity contribution is 7.90. The second-order valence-corrected chi connectivity index (χ2v) is 9.29. The van der Waals surface area contributed by atoms with Gasteiger partial charge in [0.1, 0.15) is 17.2 Å². The Morgan fingerprint density at radius 2 is 1.91 bits per heavy atom. The van der Waals surface area contributed by atoms with Gasteiger partial charge in [-0.25, -0.2) is 17.9 Å². The molecule has 0 saturated carbocycles. The number of hydrogen-bond donors (Lipinski definition) is 1. The Bertz CT molecular complexity index is 822. The minimum atomic E-state index is -3.69. The smallest absolute Gasteiger partial charge is 0.214 e. The fourth-order valence-electron chi connectivity index (χ4n) is 2.84. The van der Waals surface area contributed by atoms with Gasteiger partial charge in [0.25, 0.3) is 0 Å². The van der Waals surface area contributed by atoms with E-state index in [1.54, 1.807) is 19.9 Å². The van der Waals surface area contributed by atoms with Gasteiger partial charge >= 0.3 is 0 Å². The maximum Gasteiger partial charge on any atom is 0.214 e. The van der Waals surface area contributed by atoms with Gasteiger partial charge in [-0.2, -0.15) is 0 Å². The lowest BCUT2D eigenvalue weighted by atomic mass is 9.84. The summed E-state index contributed by atoms with van der Waals surface area (Å²) in [5, 5.41) is 6.09. The molecule has 0 unspecified atom stereocenters. The Morgan fingerprint density at radius 1 is 1.30 bits per heavy atom. The van der Waals surface area contributed by atoms with Crippen LogP contribution in [0.5, 0.6) is 0 Å². The zero-order valence-corrected chi connectivity index (χ0v) is 15.0. The topological polar surface area (TPSA) is 73.3 Å². The van der Waals surface area contributed by atoms with Gasteiger partial charge < -0.3 is 4.42 Å². The predicted molar refractivity (Wildman–Crippen MR) is 90.3 cm³/mol. The Morgan fingerprint density at radius 3 is 2.43 bits per heavy atom. The van der Waals surface area contributed by atoms with E-state index in [1.807, 2.05) is 20.8 Å².